The van der Waals surface area contributed by atoms with Crippen LogP contribution < -0.4 is 4.72 Å². The maximum atomic E-state index is 12.6. The maximum absolute atomic E-state index is 12.6. The number of carbonyl (C=O) groups excluding carboxylic acids is 2. The van der Waals surface area contributed by atoms with Crippen molar-refractivity contribution in [2.45, 2.75) is 31.3 Å². The molecule has 3 aromatic rings. The monoisotopic (exact) mass is 466 g/mol. The van der Waals surface area contributed by atoms with Crippen molar-refractivity contribution < 1.29 is 22.7 Å². The second-order valence-corrected chi connectivity index (χ2v) is 9.36. The van der Waals surface area contributed by atoms with Crippen LogP contribution in [0.2, 0.25) is 0 Å². The molecule has 0 unspecified atom stereocenters. The number of anilines is 1. The van der Waals surface area contributed by atoms with Crippen LogP contribution >= 0.6 is 0 Å². The fourth-order valence-corrected chi connectivity index (χ4v) is 4.18. The number of sulfonamides is 1. The normalized spacial score (nSPS) is 11.1. The number of rotatable bonds is 9. The van der Waals surface area contributed by atoms with Gasteiger partial charge in [-0.3, -0.25) is 9.52 Å². The number of esters is 1. The van der Waals surface area contributed by atoms with E-state index in [2.05, 4.69) is 4.72 Å². The van der Waals surface area contributed by atoms with Crippen molar-refractivity contribution in [3.63, 3.8) is 0 Å². The molecule has 0 bridgehead atoms. The Kier molecular flexibility index (Phi) is 7.84. The number of hydrogen-bond acceptors (Lipinski definition) is 5. The molecule has 33 heavy (non-hydrogen) atoms. The number of amides is 1. The molecule has 8 heteroatoms. The summed E-state index contributed by atoms with van der Waals surface area (Å²) in [5.74, 6) is -1.01. The first-order chi connectivity index (χ1) is 15.8. The molecule has 0 heterocycles. The summed E-state index contributed by atoms with van der Waals surface area (Å²) in [6, 6.07) is 23.3. The average molecular weight is 467 g/mol. The number of hydrogen-bond donors (Lipinski definition) is 1. The lowest BCUT2D eigenvalue weighted by Gasteiger charge is -2.26. The van der Waals surface area contributed by atoms with Crippen LogP contribution in [-0.4, -0.2) is 37.8 Å². The summed E-state index contributed by atoms with van der Waals surface area (Å²) < 4.78 is 32.7. The van der Waals surface area contributed by atoms with E-state index in [9.17, 15) is 18.0 Å². The van der Waals surface area contributed by atoms with Gasteiger partial charge in [-0.15, -0.1) is 0 Å². The van der Waals surface area contributed by atoms with Crippen LogP contribution in [0.15, 0.2) is 89.8 Å². The molecule has 0 saturated heterocycles. The third-order valence-electron chi connectivity index (χ3n) is 4.89. The highest BCUT2D eigenvalue weighted by Gasteiger charge is 2.20. The molecule has 1 amide bonds. The van der Waals surface area contributed by atoms with Gasteiger partial charge >= 0.3 is 5.97 Å². The number of carbonyl (C=O) groups is 2. The molecule has 0 fully saturated rings. The Labute approximate surface area is 194 Å². The maximum Gasteiger partial charge on any atom is 0.338 e. The lowest BCUT2D eigenvalue weighted by molar-refractivity contribution is -0.136. The summed E-state index contributed by atoms with van der Waals surface area (Å²) in [5.41, 5.74) is 1.57. The van der Waals surface area contributed by atoms with Gasteiger partial charge in [-0.1, -0.05) is 48.5 Å². The lowest BCUT2D eigenvalue weighted by Crippen LogP contribution is -2.39. The molecule has 0 spiro atoms. The van der Waals surface area contributed by atoms with E-state index in [1.165, 1.54) is 24.3 Å². The molecule has 3 rings (SSSR count). The van der Waals surface area contributed by atoms with E-state index < -0.39 is 22.6 Å². The van der Waals surface area contributed by atoms with Crippen LogP contribution in [0.4, 0.5) is 5.69 Å². The second kappa shape index (κ2) is 10.8. The van der Waals surface area contributed by atoms with Gasteiger partial charge in [0.1, 0.15) is 0 Å². The SMILES string of the molecule is CC(C)N(Cc1ccccc1)C(=O)COC(=O)c1ccc(S(=O)(=O)Nc2ccccc2)cc1. The predicted molar refractivity (Wildman–Crippen MR) is 126 cm³/mol. The Morgan fingerprint density at radius 2 is 1.45 bits per heavy atom. The number of nitrogens with one attached hydrogen (secondary N) is 1. The van der Waals surface area contributed by atoms with E-state index in [1.807, 2.05) is 44.2 Å². The zero-order valence-electron chi connectivity index (χ0n) is 18.5. The number of ether oxygens (including phenoxy) is 1. The van der Waals surface area contributed by atoms with Crippen LogP contribution in [-0.2, 0) is 26.1 Å². The van der Waals surface area contributed by atoms with E-state index in [0.29, 0.717) is 12.2 Å². The summed E-state index contributed by atoms with van der Waals surface area (Å²) in [7, 11) is -3.79. The summed E-state index contributed by atoms with van der Waals surface area (Å²) in [5, 5.41) is 0. The fraction of sp³-hybridized carbons (Fsp3) is 0.200. The average Bonchev–Trinajstić information content (AvgIpc) is 2.81. The van der Waals surface area contributed by atoms with E-state index in [1.54, 1.807) is 35.2 Å². The van der Waals surface area contributed by atoms with Gasteiger partial charge in [-0.25, -0.2) is 13.2 Å². The molecule has 1 N–H and O–H groups in total. The van der Waals surface area contributed by atoms with Crippen LogP contribution in [0, 0.1) is 0 Å². The molecule has 0 aliphatic carbocycles. The van der Waals surface area contributed by atoms with E-state index >= 15 is 0 Å². The largest absolute Gasteiger partial charge is 0.452 e. The first kappa shape index (κ1) is 24.0. The van der Waals surface area contributed by atoms with Crippen LogP contribution in [0.3, 0.4) is 0 Å². The van der Waals surface area contributed by atoms with Gasteiger partial charge in [0.05, 0.1) is 10.5 Å². The van der Waals surface area contributed by atoms with Crippen molar-refractivity contribution in [3.8, 4) is 0 Å². The summed E-state index contributed by atoms with van der Waals surface area (Å²) >= 11 is 0. The van der Waals surface area contributed by atoms with Crippen molar-refractivity contribution in [1.82, 2.24) is 4.90 Å². The quantitative estimate of drug-likeness (QED) is 0.480. The fourth-order valence-electron chi connectivity index (χ4n) is 3.12. The van der Waals surface area contributed by atoms with Gasteiger partial charge in [-0.2, -0.15) is 0 Å². The minimum atomic E-state index is -3.79. The van der Waals surface area contributed by atoms with Crippen molar-refractivity contribution in [1.29, 1.82) is 0 Å². The Balaban J connectivity index is 1.60. The van der Waals surface area contributed by atoms with Crippen LogP contribution in [0.5, 0.6) is 0 Å². The minimum Gasteiger partial charge on any atom is -0.452 e. The Hall–Kier alpha value is -3.65. The minimum absolute atomic E-state index is 0.00724. The van der Waals surface area contributed by atoms with Gasteiger partial charge in [0, 0.05) is 18.3 Å². The molecular weight excluding hydrogens is 440 g/mol. The summed E-state index contributed by atoms with van der Waals surface area (Å²) in [4.78, 5) is 26.7. The summed E-state index contributed by atoms with van der Waals surface area (Å²) in [6.45, 7) is 3.80. The highest BCUT2D eigenvalue weighted by atomic mass is 32.2. The molecule has 0 radical (unpaired) electrons. The third-order valence-corrected chi connectivity index (χ3v) is 6.29. The Morgan fingerprint density at radius 1 is 0.879 bits per heavy atom. The van der Waals surface area contributed by atoms with E-state index in [-0.39, 0.29) is 22.4 Å². The van der Waals surface area contributed by atoms with Crippen molar-refractivity contribution in [3.05, 3.63) is 96.1 Å². The van der Waals surface area contributed by atoms with E-state index in [0.717, 1.165) is 5.56 Å². The van der Waals surface area contributed by atoms with Gasteiger partial charge in [0.2, 0.25) is 0 Å². The highest BCUT2D eigenvalue weighted by Crippen LogP contribution is 2.17. The first-order valence-electron chi connectivity index (χ1n) is 10.4. The lowest BCUT2D eigenvalue weighted by atomic mass is 10.2. The number of benzene rings is 3. The topological polar surface area (TPSA) is 92.8 Å². The molecular formula is C25H26N2O5S. The van der Waals surface area contributed by atoms with Crippen molar-refractivity contribution in [2.24, 2.45) is 0 Å². The molecule has 0 aromatic heterocycles. The molecule has 0 atom stereocenters. The molecule has 0 aliphatic heterocycles. The standard InChI is InChI=1S/C25H26N2O5S/c1-19(2)27(17-20-9-5-3-6-10-20)24(28)18-32-25(29)21-13-15-23(16-14-21)33(30,31)26-22-11-7-4-8-12-22/h3-16,19,26H,17-18H2,1-2H3. The second-order valence-electron chi connectivity index (χ2n) is 7.67. The third kappa shape index (κ3) is 6.66. The van der Waals surface area contributed by atoms with Gasteiger partial charge < -0.3 is 9.64 Å². The number of nitrogens with zero attached hydrogens (tertiary/aromatic N) is 1. The molecule has 0 saturated carbocycles. The molecule has 0 aliphatic rings. The van der Waals surface area contributed by atoms with Crippen LogP contribution in [0.1, 0.15) is 29.8 Å². The van der Waals surface area contributed by atoms with Gasteiger partial charge in [0.15, 0.2) is 6.61 Å². The Bertz CT molecular complexity index is 1180. The predicted octanol–water partition coefficient (Wildman–Crippen LogP) is 4.08. The zero-order valence-corrected chi connectivity index (χ0v) is 19.3. The highest BCUT2D eigenvalue weighted by molar-refractivity contribution is 7.92. The van der Waals surface area contributed by atoms with E-state index in [4.69, 9.17) is 4.74 Å². The molecule has 172 valence electrons. The molecule has 7 nitrogen and oxygen atoms in total. The smallest absolute Gasteiger partial charge is 0.338 e. The van der Waals surface area contributed by atoms with Crippen LogP contribution in [0.25, 0.3) is 0 Å². The summed E-state index contributed by atoms with van der Waals surface area (Å²) in [6.07, 6.45) is 0. The first-order valence-corrected chi connectivity index (χ1v) is 11.9. The van der Waals surface area contributed by atoms with Gasteiger partial charge in [0.25, 0.3) is 15.9 Å². The van der Waals surface area contributed by atoms with Crippen molar-refractivity contribution >= 4 is 27.6 Å². The Morgan fingerprint density at radius 3 is 2.03 bits per heavy atom. The molecule has 3 aromatic carbocycles. The van der Waals surface area contributed by atoms with Gasteiger partial charge in [-0.05, 0) is 55.8 Å². The van der Waals surface area contributed by atoms with Crippen molar-refractivity contribution in [2.75, 3.05) is 11.3 Å². The number of para-hydroxylation sites is 1. The zero-order chi connectivity index (χ0) is 23.8.